The number of nitrogens with zero attached hydrogens (tertiary/aromatic N) is 2. The molecule has 0 spiro atoms. The number of carbonyl (C=O) groups is 3. The van der Waals surface area contributed by atoms with E-state index in [0.29, 0.717) is 32.4 Å². The average molecular weight is 268 g/mol. The molecule has 2 heterocycles. The normalized spacial score (nSPS) is 24.9. The number of hydrogen-bond donors (Lipinski definition) is 1. The Kier molecular flexibility index (Phi) is 4.07. The summed E-state index contributed by atoms with van der Waals surface area (Å²) in [6.45, 7) is 3.28. The van der Waals surface area contributed by atoms with E-state index in [-0.39, 0.29) is 18.4 Å². The first-order valence-electron chi connectivity index (χ1n) is 6.85. The maximum absolute atomic E-state index is 12.4. The van der Waals surface area contributed by atoms with Crippen molar-refractivity contribution >= 4 is 17.8 Å². The first kappa shape index (κ1) is 13.8. The van der Waals surface area contributed by atoms with E-state index in [1.165, 1.54) is 0 Å². The number of amides is 2. The summed E-state index contributed by atoms with van der Waals surface area (Å²) in [7, 11) is 0. The number of aliphatic carboxylic acids is 1. The molecule has 0 aromatic rings. The lowest BCUT2D eigenvalue weighted by molar-refractivity contribution is -0.144. The molecule has 0 radical (unpaired) electrons. The second-order valence-electron chi connectivity index (χ2n) is 5.22. The van der Waals surface area contributed by atoms with Gasteiger partial charge in [0.15, 0.2) is 0 Å². The largest absolute Gasteiger partial charge is 0.481 e. The third-order valence-corrected chi connectivity index (χ3v) is 4.01. The zero-order valence-electron chi connectivity index (χ0n) is 11.2. The zero-order valence-corrected chi connectivity index (χ0v) is 11.2. The van der Waals surface area contributed by atoms with Gasteiger partial charge in [-0.2, -0.15) is 0 Å². The maximum Gasteiger partial charge on any atom is 0.308 e. The van der Waals surface area contributed by atoms with Crippen molar-refractivity contribution < 1.29 is 19.5 Å². The lowest BCUT2D eigenvalue weighted by atomic mass is 10.1. The summed E-state index contributed by atoms with van der Waals surface area (Å²) in [6, 6.07) is -0.414. The fourth-order valence-electron chi connectivity index (χ4n) is 2.90. The van der Waals surface area contributed by atoms with Crippen LogP contribution in [0.4, 0.5) is 0 Å². The molecule has 2 atom stereocenters. The van der Waals surface area contributed by atoms with E-state index in [0.717, 1.165) is 6.42 Å². The van der Waals surface area contributed by atoms with Crippen LogP contribution in [0.3, 0.4) is 0 Å². The molecule has 2 aliphatic heterocycles. The standard InChI is InChI=1S/C13H20N2O4/c1-2-10(15-6-3-4-11(15)16)12(17)14-7-5-9(8-14)13(18)19/h9-10H,2-8H2,1H3,(H,18,19)/t9-,10-/m0/s1. The molecule has 19 heavy (non-hydrogen) atoms. The topological polar surface area (TPSA) is 77.9 Å². The van der Waals surface area contributed by atoms with Gasteiger partial charge in [-0.1, -0.05) is 6.92 Å². The number of carboxylic acid groups (broad SMARTS) is 1. The number of rotatable bonds is 4. The summed E-state index contributed by atoms with van der Waals surface area (Å²) < 4.78 is 0. The second kappa shape index (κ2) is 5.59. The summed E-state index contributed by atoms with van der Waals surface area (Å²) in [4.78, 5) is 38.3. The molecule has 6 heteroatoms. The molecule has 6 nitrogen and oxygen atoms in total. The Morgan fingerprint density at radius 3 is 2.63 bits per heavy atom. The number of carbonyl (C=O) groups excluding carboxylic acids is 2. The number of likely N-dealkylation sites (tertiary alicyclic amines) is 2. The number of carboxylic acids is 1. The van der Waals surface area contributed by atoms with Crippen LogP contribution in [-0.2, 0) is 14.4 Å². The van der Waals surface area contributed by atoms with Crippen LogP contribution in [0.25, 0.3) is 0 Å². The molecule has 1 N–H and O–H groups in total. The zero-order chi connectivity index (χ0) is 14.0. The minimum absolute atomic E-state index is 0.0363. The molecule has 0 aliphatic carbocycles. The number of hydrogen-bond acceptors (Lipinski definition) is 3. The predicted molar refractivity (Wildman–Crippen MR) is 67.3 cm³/mol. The van der Waals surface area contributed by atoms with E-state index < -0.39 is 17.9 Å². The van der Waals surface area contributed by atoms with Crippen LogP contribution in [0.5, 0.6) is 0 Å². The summed E-state index contributed by atoms with van der Waals surface area (Å²) in [5.74, 6) is -1.37. The lowest BCUT2D eigenvalue weighted by Crippen LogP contribution is -2.48. The molecular weight excluding hydrogens is 248 g/mol. The Labute approximate surface area is 112 Å². The van der Waals surface area contributed by atoms with Gasteiger partial charge in [0.25, 0.3) is 0 Å². The SMILES string of the molecule is CC[C@@H](C(=O)N1CC[C@H](C(=O)O)C1)N1CCCC1=O. The van der Waals surface area contributed by atoms with Gasteiger partial charge in [0, 0.05) is 26.1 Å². The van der Waals surface area contributed by atoms with Crippen LogP contribution in [0.15, 0.2) is 0 Å². The molecule has 2 fully saturated rings. The van der Waals surface area contributed by atoms with Gasteiger partial charge in [0.1, 0.15) is 6.04 Å². The van der Waals surface area contributed by atoms with Gasteiger partial charge in [-0.25, -0.2) is 0 Å². The predicted octanol–water partition coefficient (Wildman–Crippen LogP) is 0.320. The molecule has 2 amide bonds. The molecule has 0 aromatic carbocycles. The highest BCUT2D eigenvalue weighted by Gasteiger charge is 2.38. The van der Waals surface area contributed by atoms with E-state index in [2.05, 4.69) is 0 Å². The van der Waals surface area contributed by atoms with Crippen molar-refractivity contribution in [2.45, 2.75) is 38.6 Å². The molecule has 0 unspecified atom stereocenters. The molecule has 2 saturated heterocycles. The van der Waals surface area contributed by atoms with Crippen LogP contribution >= 0.6 is 0 Å². The van der Waals surface area contributed by atoms with Crippen molar-refractivity contribution in [3.05, 3.63) is 0 Å². The van der Waals surface area contributed by atoms with E-state index >= 15 is 0 Å². The van der Waals surface area contributed by atoms with Crippen molar-refractivity contribution in [1.29, 1.82) is 0 Å². The highest BCUT2D eigenvalue weighted by molar-refractivity contribution is 5.89. The van der Waals surface area contributed by atoms with Crippen LogP contribution in [0.1, 0.15) is 32.6 Å². The van der Waals surface area contributed by atoms with Crippen LogP contribution in [0.2, 0.25) is 0 Å². The Morgan fingerprint density at radius 1 is 1.42 bits per heavy atom. The van der Waals surface area contributed by atoms with Gasteiger partial charge in [0.2, 0.25) is 11.8 Å². The Balaban J connectivity index is 2.01. The Hall–Kier alpha value is -1.59. The van der Waals surface area contributed by atoms with Crippen molar-refractivity contribution in [1.82, 2.24) is 9.80 Å². The molecule has 0 saturated carbocycles. The van der Waals surface area contributed by atoms with E-state index in [9.17, 15) is 14.4 Å². The van der Waals surface area contributed by atoms with Crippen LogP contribution in [-0.4, -0.2) is 58.4 Å². The van der Waals surface area contributed by atoms with E-state index in [1.807, 2.05) is 6.92 Å². The van der Waals surface area contributed by atoms with Crippen LogP contribution in [0, 0.1) is 5.92 Å². The van der Waals surface area contributed by atoms with E-state index in [1.54, 1.807) is 9.80 Å². The molecule has 0 bridgehead atoms. The third-order valence-electron chi connectivity index (χ3n) is 4.01. The van der Waals surface area contributed by atoms with Crippen molar-refractivity contribution in [3.63, 3.8) is 0 Å². The first-order chi connectivity index (χ1) is 9.04. The van der Waals surface area contributed by atoms with Gasteiger partial charge < -0.3 is 14.9 Å². The van der Waals surface area contributed by atoms with Gasteiger partial charge in [-0.15, -0.1) is 0 Å². The van der Waals surface area contributed by atoms with Crippen molar-refractivity contribution in [2.75, 3.05) is 19.6 Å². The van der Waals surface area contributed by atoms with Crippen LogP contribution < -0.4 is 0 Å². The highest BCUT2D eigenvalue weighted by atomic mass is 16.4. The second-order valence-corrected chi connectivity index (χ2v) is 5.22. The summed E-state index contributed by atoms with van der Waals surface area (Å²) in [5.41, 5.74) is 0. The Morgan fingerprint density at radius 2 is 2.16 bits per heavy atom. The molecular formula is C13H20N2O4. The summed E-state index contributed by atoms with van der Waals surface area (Å²) in [6.07, 6.45) is 2.41. The quantitative estimate of drug-likeness (QED) is 0.796. The van der Waals surface area contributed by atoms with Crippen molar-refractivity contribution in [2.24, 2.45) is 5.92 Å². The van der Waals surface area contributed by atoms with E-state index in [4.69, 9.17) is 5.11 Å². The average Bonchev–Trinajstić information content (AvgIpc) is 3.00. The monoisotopic (exact) mass is 268 g/mol. The highest BCUT2D eigenvalue weighted by Crippen LogP contribution is 2.22. The van der Waals surface area contributed by atoms with Gasteiger partial charge in [0.05, 0.1) is 5.92 Å². The fourth-order valence-corrected chi connectivity index (χ4v) is 2.90. The molecule has 2 aliphatic rings. The summed E-state index contributed by atoms with van der Waals surface area (Å²) >= 11 is 0. The van der Waals surface area contributed by atoms with Gasteiger partial charge in [-0.3, -0.25) is 14.4 Å². The summed E-state index contributed by atoms with van der Waals surface area (Å²) in [5, 5.41) is 8.96. The molecule has 106 valence electrons. The molecule has 0 aromatic heterocycles. The van der Waals surface area contributed by atoms with Gasteiger partial charge >= 0.3 is 5.97 Å². The van der Waals surface area contributed by atoms with Crippen molar-refractivity contribution in [3.8, 4) is 0 Å². The van der Waals surface area contributed by atoms with Gasteiger partial charge in [-0.05, 0) is 19.3 Å². The minimum atomic E-state index is -0.847. The maximum atomic E-state index is 12.4. The smallest absolute Gasteiger partial charge is 0.308 e. The first-order valence-corrected chi connectivity index (χ1v) is 6.85. The lowest BCUT2D eigenvalue weighted by Gasteiger charge is -2.29. The minimum Gasteiger partial charge on any atom is -0.481 e. The Bertz CT molecular complexity index is 396. The molecule has 2 rings (SSSR count). The fraction of sp³-hybridized carbons (Fsp3) is 0.769. The third kappa shape index (κ3) is 2.72.